The molecule has 0 aliphatic rings. The number of aliphatic hydroxyl groups excluding tert-OH is 1. The van der Waals surface area contributed by atoms with Crippen LogP contribution in [0.25, 0.3) is 0 Å². The maximum Gasteiger partial charge on any atom is 0.316 e. The average molecular weight is 328 g/mol. The van der Waals surface area contributed by atoms with Crippen LogP contribution >= 0.6 is 0 Å². The number of urea groups is 1. The van der Waals surface area contributed by atoms with Crippen LogP contribution in [-0.2, 0) is 6.42 Å². The summed E-state index contributed by atoms with van der Waals surface area (Å²) in [4.78, 5) is 13.1. The Morgan fingerprint density at radius 3 is 2.54 bits per heavy atom. The highest BCUT2D eigenvalue weighted by atomic mass is 16.5. The molecule has 128 valence electrons. The number of carbonyl (C=O) groups excluding carboxylic acids is 1. The van der Waals surface area contributed by atoms with Gasteiger partial charge in [-0.05, 0) is 35.2 Å². The van der Waals surface area contributed by atoms with E-state index in [1.54, 1.807) is 21.2 Å². The van der Waals surface area contributed by atoms with Gasteiger partial charge in [0, 0.05) is 20.6 Å². The zero-order chi connectivity index (χ0) is 17.5. The van der Waals surface area contributed by atoms with Gasteiger partial charge in [0.2, 0.25) is 0 Å². The summed E-state index contributed by atoms with van der Waals surface area (Å²) in [5.74, 6) is 0.695. The molecule has 0 spiro atoms. The Balaban J connectivity index is 2.20. The summed E-state index contributed by atoms with van der Waals surface area (Å²) in [6, 6.07) is 15.0. The first-order valence-electron chi connectivity index (χ1n) is 7.88. The number of amides is 2. The van der Waals surface area contributed by atoms with Gasteiger partial charge in [-0.15, -0.1) is 0 Å². The van der Waals surface area contributed by atoms with Crippen molar-refractivity contribution in [3.63, 3.8) is 0 Å². The van der Waals surface area contributed by atoms with E-state index in [0.29, 0.717) is 18.7 Å². The number of aliphatic hydroxyl groups is 1. The van der Waals surface area contributed by atoms with Gasteiger partial charge in [0.15, 0.2) is 0 Å². The molecule has 0 saturated heterocycles. The molecule has 2 rings (SSSR count). The van der Waals surface area contributed by atoms with Crippen molar-refractivity contribution in [3.05, 3.63) is 65.2 Å². The van der Waals surface area contributed by atoms with Crippen LogP contribution in [0.3, 0.4) is 0 Å². The minimum absolute atomic E-state index is 0.131. The summed E-state index contributed by atoms with van der Waals surface area (Å²) in [6.07, 6.45) is -0.108. The van der Waals surface area contributed by atoms with Crippen LogP contribution in [0.1, 0.15) is 22.8 Å². The van der Waals surface area contributed by atoms with E-state index in [0.717, 1.165) is 16.7 Å². The van der Waals surface area contributed by atoms with Gasteiger partial charge >= 0.3 is 6.03 Å². The number of ether oxygens (including phenoxy) is 1. The standard InChI is InChI=1S/C19H24N2O3/c1-21(2)19(23)20-12-11-14-9-10-16(24-3)13-17(14)18(22)15-7-5-4-6-8-15/h4-10,13,18,22H,11-12H2,1-3H3,(H,20,23). The number of hydrogen-bond acceptors (Lipinski definition) is 3. The van der Waals surface area contributed by atoms with Crippen LogP contribution in [0.4, 0.5) is 4.79 Å². The topological polar surface area (TPSA) is 61.8 Å². The Morgan fingerprint density at radius 1 is 1.21 bits per heavy atom. The molecular formula is C19H24N2O3. The molecule has 0 fully saturated rings. The average Bonchev–Trinajstić information content (AvgIpc) is 2.61. The van der Waals surface area contributed by atoms with Gasteiger partial charge in [0.1, 0.15) is 11.9 Å². The molecule has 0 aliphatic carbocycles. The van der Waals surface area contributed by atoms with Crippen molar-refractivity contribution in [1.29, 1.82) is 0 Å². The van der Waals surface area contributed by atoms with Crippen LogP contribution in [0.15, 0.2) is 48.5 Å². The summed E-state index contributed by atoms with van der Waals surface area (Å²) in [5, 5.41) is 13.6. The molecule has 1 unspecified atom stereocenters. The highest BCUT2D eigenvalue weighted by Gasteiger charge is 2.16. The maximum absolute atomic E-state index is 11.6. The molecule has 0 saturated carbocycles. The van der Waals surface area contributed by atoms with Crippen LogP contribution in [0, 0.1) is 0 Å². The molecule has 2 aromatic rings. The van der Waals surface area contributed by atoms with Gasteiger partial charge in [-0.25, -0.2) is 4.79 Å². The Kier molecular flexibility index (Phi) is 6.21. The third-order valence-corrected chi connectivity index (χ3v) is 3.84. The second kappa shape index (κ2) is 8.36. The summed E-state index contributed by atoms with van der Waals surface area (Å²) in [5.41, 5.74) is 2.59. The third kappa shape index (κ3) is 4.49. The van der Waals surface area contributed by atoms with E-state index in [9.17, 15) is 9.90 Å². The van der Waals surface area contributed by atoms with E-state index in [1.807, 2.05) is 48.5 Å². The van der Waals surface area contributed by atoms with E-state index in [1.165, 1.54) is 4.90 Å². The summed E-state index contributed by atoms with van der Waals surface area (Å²) < 4.78 is 5.28. The molecule has 5 nitrogen and oxygen atoms in total. The first-order valence-corrected chi connectivity index (χ1v) is 7.88. The zero-order valence-electron chi connectivity index (χ0n) is 14.3. The first kappa shape index (κ1) is 17.8. The van der Waals surface area contributed by atoms with Gasteiger partial charge in [-0.2, -0.15) is 0 Å². The lowest BCUT2D eigenvalue weighted by Gasteiger charge is -2.18. The van der Waals surface area contributed by atoms with Crippen molar-refractivity contribution in [2.45, 2.75) is 12.5 Å². The second-order valence-electron chi connectivity index (χ2n) is 5.75. The molecule has 5 heteroatoms. The fourth-order valence-electron chi connectivity index (χ4n) is 2.46. The number of carbonyl (C=O) groups is 1. The number of nitrogens with zero attached hydrogens (tertiary/aromatic N) is 1. The molecule has 1 atom stereocenters. The molecule has 2 aromatic carbocycles. The largest absolute Gasteiger partial charge is 0.497 e. The molecule has 0 radical (unpaired) electrons. The molecule has 0 aromatic heterocycles. The van der Waals surface area contributed by atoms with E-state index >= 15 is 0 Å². The fraction of sp³-hybridized carbons (Fsp3) is 0.316. The predicted molar refractivity (Wildman–Crippen MR) is 94.3 cm³/mol. The van der Waals surface area contributed by atoms with Crippen molar-refractivity contribution in [2.24, 2.45) is 0 Å². The van der Waals surface area contributed by atoms with E-state index in [-0.39, 0.29) is 6.03 Å². The van der Waals surface area contributed by atoms with Crippen molar-refractivity contribution >= 4 is 6.03 Å². The van der Waals surface area contributed by atoms with Crippen molar-refractivity contribution in [2.75, 3.05) is 27.7 Å². The third-order valence-electron chi connectivity index (χ3n) is 3.84. The van der Waals surface area contributed by atoms with Gasteiger partial charge < -0.3 is 20.1 Å². The normalized spacial score (nSPS) is 11.7. The van der Waals surface area contributed by atoms with Gasteiger partial charge in [0.25, 0.3) is 0 Å². The monoisotopic (exact) mass is 328 g/mol. The maximum atomic E-state index is 11.6. The van der Waals surface area contributed by atoms with Crippen LogP contribution in [-0.4, -0.2) is 43.8 Å². The molecule has 0 bridgehead atoms. The Labute approximate surface area is 142 Å². The smallest absolute Gasteiger partial charge is 0.316 e. The highest BCUT2D eigenvalue weighted by molar-refractivity contribution is 5.73. The number of nitrogens with one attached hydrogen (secondary N) is 1. The second-order valence-corrected chi connectivity index (χ2v) is 5.75. The molecule has 2 amide bonds. The SMILES string of the molecule is COc1ccc(CCNC(=O)N(C)C)c(C(O)c2ccccc2)c1. The lowest BCUT2D eigenvalue weighted by Crippen LogP contribution is -2.35. The van der Waals surface area contributed by atoms with Gasteiger partial charge in [0.05, 0.1) is 7.11 Å². The minimum atomic E-state index is -0.735. The van der Waals surface area contributed by atoms with Gasteiger partial charge in [-0.3, -0.25) is 0 Å². The quantitative estimate of drug-likeness (QED) is 0.857. The number of rotatable bonds is 6. The lowest BCUT2D eigenvalue weighted by atomic mass is 9.95. The van der Waals surface area contributed by atoms with Crippen LogP contribution in [0.2, 0.25) is 0 Å². The number of methoxy groups -OCH3 is 1. The van der Waals surface area contributed by atoms with E-state index in [2.05, 4.69) is 5.32 Å². The highest BCUT2D eigenvalue weighted by Crippen LogP contribution is 2.28. The van der Waals surface area contributed by atoms with Gasteiger partial charge in [-0.1, -0.05) is 36.4 Å². The Bertz CT molecular complexity index is 672. The van der Waals surface area contributed by atoms with Crippen LogP contribution in [0.5, 0.6) is 5.75 Å². The first-order chi connectivity index (χ1) is 11.5. The Hall–Kier alpha value is -2.53. The Morgan fingerprint density at radius 2 is 1.92 bits per heavy atom. The van der Waals surface area contributed by atoms with Crippen molar-refractivity contribution < 1.29 is 14.6 Å². The number of benzene rings is 2. The lowest BCUT2D eigenvalue weighted by molar-refractivity contribution is 0.216. The predicted octanol–water partition coefficient (Wildman–Crippen LogP) is 2.59. The summed E-state index contributed by atoms with van der Waals surface area (Å²) >= 11 is 0. The van der Waals surface area contributed by atoms with Crippen molar-refractivity contribution in [1.82, 2.24) is 10.2 Å². The van der Waals surface area contributed by atoms with Crippen molar-refractivity contribution in [3.8, 4) is 5.75 Å². The van der Waals surface area contributed by atoms with E-state index in [4.69, 9.17) is 4.74 Å². The molecular weight excluding hydrogens is 304 g/mol. The van der Waals surface area contributed by atoms with Crippen LogP contribution < -0.4 is 10.1 Å². The number of hydrogen-bond donors (Lipinski definition) is 2. The molecule has 2 N–H and O–H groups in total. The molecule has 24 heavy (non-hydrogen) atoms. The minimum Gasteiger partial charge on any atom is -0.497 e. The summed E-state index contributed by atoms with van der Waals surface area (Å²) in [6.45, 7) is 0.498. The molecule has 0 aliphatic heterocycles. The fourth-order valence-corrected chi connectivity index (χ4v) is 2.46. The zero-order valence-corrected chi connectivity index (χ0v) is 14.3. The molecule has 0 heterocycles. The van der Waals surface area contributed by atoms with E-state index < -0.39 is 6.10 Å². The summed E-state index contributed by atoms with van der Waals surface area (Å²) in [7, 11) is 5.01.